The zero-order valence-corrected chi connectivity index (χ0v) is 12.5. The molecule has 1 atom stereocenters. The van der Waals surface area contributed by atoms with Crippen LogP contribution in [0.2, 0.25) is 5.28 Å². The molecule has 23 heavy (non-hydrogen) atoms. The lowest BCUT2D eigenvalue weighted by Gasteiger charge is -2.11. The molecule has 0 bridgehead atoms. The molecule has 0 fully saturated rings. The molecule has 0 saturated heterocycles. The van der Waals surface area contributed by atoms with Gasteiger partial charge in [0.2, 0.25) is 5.28 Å². The first-order valence-corrected chi connectivity index (χ1v) is 7.41. The molecule has 1 aromatic carbocycles. The van der Waals surface area contributed by atoms with Crippen molar-refractivity contribution in [3.8, 4) is 11.3 Å². The smallest absolute Gasteiger partial charge is 0.223 e. The fraction of sp³-hybridized carbons (Fsp3) is 0.267. The standard InChI is InChI=1S/C15H10ClF3N4/c16-15-20-6-10(19)13(22-15)7-3-9(18)14-11(4-7)23-8(5-17)1-2-12(23)21-14/h3-4,6,8H,1-2,5H2/t8-/m0/s1. The lowest BCUT2D eigenvalue weighted by molar-refractivity contribution is 0.372. The van der Waals surface area contributed by atoms with Crippen molar-refractivity contribution in [3.63, 3.8) is 0 Å². The Bertz CT molecular complexity index is 925. The van der Waals surface area contributed by atoms with E-state index in [2.05, 4.69) is 15.0 Å². The number of aryl methyl sites for hydroxylation is 1. The van der Waals surface area contributed by atoms with E-state index in [-0.39, 0.29) is 28.1 Å². The molecule has 4 nitrogen and oxygen atoms in total. The third-order valence-electron chi connectivity index (χ3n) is 4.05. The van der Waals surface area contributed by atoms with Gasteiger partial charge in [0.05, 0.1) is 17.8 Å². The summed E-state index contributed by atoms with van der Waals surface area (Å²) in [5.74, 6) is -0.678. The molecule has 4 rings (SSSR count). The first kappa shape index (κ1) is 14.4. The predicted octanol–water partition coefficient (Wildman–Crippen LogP) is 3.88. The Morgan fingerprint density at radius 2 is 2.04 bits per heavy atom. The van der Waals surface area contributed by atoms with Crippen molar-refractivity contribution in [2.24, 2.45) is 0 Å². The topological polar surface area (TPSA) is 43.6 Å². The summed E-state index contributed by atoms with van der Waals surface area (Å²) in [6.07, 6.45) is 2.14. The third-order valence-corrected chi connectivity index (χ3v) is 4.24. The highest BCUT2D eigenvalue weighted by atomic mass is 35.5. The maximum absolute atomic E-state index is 14.4. The molecule has 3 aromatic rings. The molecule has 1 aliphatic rings. The molecule has 3 heterocycles. The van der Waals surface area contributed by atoms with E-state index in [4.69, 9.17) is 11.6 Å². The molecular formula is C15H10ClF3N4. The van der Waals surface area contributed by atoms with Crippen molar-refractivity contribution in [2.45, 2.75) is 18.9 Å². The van der Waals surface area contributed by atoms with Gasteiger partial charge in [-0.2, -0.15) is 0 Å². The normalized spacial score (nSPS) is 17.0. The van der Waals surface area contributed by atoms with Crippen molar-refractivity contribution in [1.82, 2.24) is 19.5 Å². The maximum Gasteiger partial charge on any atom is 0.223 e. The van der Waals surface area contributed by atoms with E-state index in [1.54, 1.807) is 10.6 Å². The average Bonchev–Trinajstić information content (AvgIpc) is 3.09. The molecule has 0 saturated carbocycles. The Hall–Kier alpha value is -2.15. The summed E-state index contributed by atoms with van der Waals surface area (Å²) in [6, 6.07) is 2.34. The molecule has 0 radical (unpaired) electrons. The van der Waals surface area contributed by atoms with E-state index < -0.39 is 18.3 Å². The van der Waals surface area contributed by atoms with Gasteiger partial charge in [-0.25, -0.2) is 28.1 Å². The summed E-state index contributed by atoms with van der Waals surface area (Å²) >= 11 is 5.69. The molecule has 0 amide bonds. The SMILES string of the molecule is FC[C@@H]1CCc2nc3c(F)cc(-c4nc(Cl)ncc4F)cc3n21. The monoisotopic (exact) mass is 338 g/mol. The van der Waals surface area contributed by atoms with Crippen LogP contribution in [0.15, 0.2) is 18.3 Å². The number of rotatable bonds is 2. The van der Waals surface area contributed by atoms with Gasteiger partial charge in [0.1, 0.15) is 23.7 Å². The Morgan fingerprint density at radius 1 is 1.22 bits per heavy atom. The third kappa shape index (κ3) is 2.18. The molecule has 1 aliphatic heterocycles. The van der Waals surface area contributed by atoms with E-state index >= 15 is 0 Å². The second-order valence-corrected chi connectivity index (χ2v) is 5.74. The lowest BCUT2D eigenvalue weighted by Crippen LogP contribution is -2.05. The van der Waals surface area contributed by atoms with Crippen molar-refractivity contribution in [1.29, 1.82) is 0 Å². The van der Waals surface area contributed by atoms with E-state index in [0.717, 1.165) is 12.3 Å². The van der Waals surface area contributed by atoms with Crippen LogP contribution in [-0.4, -0.2) is 26.2 Å². The van der Waals surface area contributed by atoms with Gasteiger partial charge >= 0.3 is 0 Å². The van der Waals surface area contributed by atoms with Crippen LogP contribution in [0.4, 0.5) is 13.2 Å². The fourth-order valence-electron chi connectivity index (χ4n) is 3.04. The molecule has 2 aromatic heterocycles. The zero-order valence-electron chi connectivity index (χ0n) is 11.7. The van der Waals surface area contributed by atoms with Gasteiger partial charge in [0, 0.05) is 12.0 Å². The number of hydrogen-bond donors (Lipinski definition) is 0. The molecule has 0 N–H and O–H groups in total. The van der Waals surface area contributed by atoms with Gasteiger partial charge in [0.25, 0.3) is 0 Å². The van der Waals surface area contributed by atoms with Gasteiger partial charge in [-0.3, -0.25) is 0 Å². The molecular weight excluding hydrogens is 329 g/mol. The minimum Gasteiger partial charge on any atom is -0.322 e. The number of alkyl halides is 1. The predicted molar refractivity (Wildman–Crippen MR) is 79.0 cm³/mol. The summed E-state index contributed by atoms with van der Waals surface area (Å²) in [7, 11) is 0. The molecule has 0 spiro atoms. The summed E-state index contributed by atoms with van der Waals surface area (Å²) in [6.45, 7) is -0.558. The van der Waals surface area contributed by atoms with Gasteiger partial charge in [-0.15, -0.1) is 0 Å². The van der Waals surface area contributed by atoms with Crippen LogP contribution in [0.3, 0.4) is 0 Å². The number of benzene rings is 1. The fourth-order valence-corrected chi connectivity index (χ4v) is 3.17. The minimum absolute atomic E-state index is 0.101. The molecule has 118 valence electrons. The van der Waals surface area contributed by atoms with Crippen LogP contribution in [0.25, 0.3) is 22.3 Å². The van der Waals surface area contributed by atoms with Crippen LogP contribution in [-0.2, 0) is 6.42 Å². The van der Waals surface area contributed by atoms with Crippen LogP contribution < -0.4 is 0 Å². The Kier molecular flexibility index (Phi) is 3.26. The van der Waals surface area contributed by atoms with Gasteiger partial charge < -0.3 is 4.57 Å². The Labute approximate surface area is 134 Å². The number of halogens is 4. The second-order valence-electron chi connectivity index (χ2n) is 5.41. The van der Waals surface area contributed by atoms with E-state index in [0.29, 0.717) is 24.2 Å². The quantitative estimate of drug-likeness (QED) is 0.666. The van der Waals surface area contributed by atoms with Gasteiger partial charge in [0.15, 0.2) is 11.6 Å². The van der Waals surface area contributed by atoms with E-state index in [9.17, 15) is 13.2 Å². The maximum atomic E-state index is 14.4. The number of hydrogen-bond acceptors (Lipinski definition) is 3. The molecule has 8 heteroatoms. The highest BCUT2D eigenvalue weighted by Gasteiger charge is 2.27. The lowest BCUT2D eigenvalue weighted by atomic mass is 10.1. The van der Waals surface area contributed by atoms with Gasteiger partial charge in [-0.05, 0) is 30.2 Å². The van der Waals surface area contributed by atoms with Crippen LogP contribution in [0.1, 0.15) is 18.3 Å². The average molecular weight is 339 g/mol. The Balaban J connectivity index is 1.98. The van der Waals surface area contributed by atoms with Crippen molar-refractivity contribution in [3.05, 3.63) is 41.1 Å². The Morgan fingerprint density at radius 3 is 2.83 bits per heavy atom. The summed E-state index contributed by atoms with van der Waals surface area (Å²) in [5, 5.41) is -0.137. The highest BCUT2D eigenvalue weighted by Crippen LogP contribution is 2.35. The number of fused-ring (bicyclic) bond motifs is 3. The van der Waals surface area contributed by atoms with Crippen molar-refractivity contribution >= 4 is 22.6 Å². The summed E-state index contributed by atoms with van der Waals surface area (Å²) in [4.78, 5) is 11.6. The summed E-state index contributed by atoms with van der Waals surface area (Å²) < 4.78 is 43.2. The van der Waals surface area contributed by atoms with Crippen LogP contribution in [0, 0.1) is 11.6 Å². The summed E-state index contributed by atoms with van der Waals surface area (Å²) in [5.41, 5.74) is 0.701. The minimum atomic E-state index is -0.712. The van der Waals surface area contributed by atoms with E-state index in [1.165, 1.54) is 0 Å². The molecule has 0 unspecified atom stereocenters. The van der Waals surface area contributed by atoms with Crippen LogP contribution >= 0.6 is 11.6 Å². The molecule has 0 aliphatic carbocycles. The highest BCUT2D eigenvalue weighted by molar-refractivity contribution is 6.28. The number of imidazole rings is 1. The van der Waals surface area contributed by atoms with E-state index in [1.807, 2.05) is 0 Å². The van der Waals surface area contributed by atoms with Crippen molar-refractivity contribution in [2.75, 3.05) is 6.67 Å². The largest absolute Gasteiger partial charge is 0.322 e. The van der Waals surface area contributed by atoms with Gasteiger partial charge in [-0.1, -0.05) is 0 Å². The zero-order chi connectivity index (χ0) is 16.1. The first-order chi connectivity index (χ1) is 11.1. The first-order valence-electron chi connectivity index (χ1n) is 7.03. The number of aromatic nitrogens is 4. The second kappa shape index (κ2) is 5.19. The number of nitrogens with zero attached hydrogens (tertiary/aromatic N) is 4. The van der Waals surface area contributed by atoms with Crippen molar-refractivity contribution < 1.29 is 13.2 Å². The van der Waals surface area contributed by atoms with Crippen LogP contribution in [0.5, 0.6) is 0 Å².